The van der Waals surface area contributed by atoms with Crippen LogP contribution in [0, 0.1) is 5.82 Å². The molecule has 0 aliphatic rings. The Bertz CT molecular complexity index is 687. The van der Waals surface area contributed by atoms with Gasteiger partial charge in [0.2, 0.25) is 5.91 Å². The van der Waals surface area contributed by atoms with Crippen molar-refractivity contribution in [3.05, 3.63) is 52.5 Å². The Balaban J connectivity index is 1.68. The number of nitrogens with one attached hydrogen (secondary N) is 3. The van der Waals surface area contributed by atoms with Crippen LogP contribution < -0.4 is 16.2 Å². The predicted molar refractivity (Wildman–Crippen MR) is 91.8 cm³/mol. The summed E-state index contributed by atoms with van der Waals surface area (Å²) >= 11 is 6.34. The van der Waals surface area contributed by atoms with Gasteiger partial charge < -0.3 is 5.32 Å². The van der Waals surface area contributed by atoms with Crippen LogP contribution in [0.1, 0.15) is 22.5 Å². The minimum atomic E-state index is -0.349. The van der Waals surface area contributed by atoms with Gasteiger partial charge in [0.25, 0.3) is 0 Å². The van der Waals surface area contributed by atoms with Gasteiger partial charge in [-0.2, -0.15) is 0 Å². The first-order valence-electron chi connectivity index (χ1n) is 6.72. The van der Waals surface area contributed by atoms with E-state index in [-0.39, 0.29) is 35.5 Å². The average molecular weight is 351 g/mol. The number of hydrogen-bond donors (Lipinski definition) is 3. The molecule has 0 aliphatic carbocycles. The number of Topliss-reactive ketones (excluding diaryl/α,β-unsaturated/α-hetero) is 1. The van der Waals surface area contributed by atoms with Gasteiger partial charge >= 0.3 is 0 Å². The van der Waals surface area contributed by atoms with E-state index in [1.165, 1.54) is 35.6 Å². The third kappa shape index (κ3) is 5.76. The van der Waals surface area contributed by atoms with Crippen LogP contribution in [0.15, 0.2) is 41.8 Å². The highest BCUT2D eigenvalue weighted by molar-refractivity contribution is 7.80. The van der Waals surface area contributed by atoms with Gasteiger partial charge in [0.1, 0.15) is 5.82 Å². The maximum atomic E-state index is 12.8. The number of halogens is 1. The Hall–Kier alpha value is -2.32. The fourth-order valence-electron chi connectivity index (χ4n) is 1.67. The highest BCUT2D eigenvalue weighted by atomic mass is 32.1. The minimum absolute atomic E-state index is 0.0584. The smallest absolute Gasteiger partial charge is 0.238 e. The quantitative estimate of drug-likeness (QED) is 0.439. The lowest BCUT2D eigenvalue weighted by Crippen LogP contribution is -2.43. The number of thiocarbonyl (C=S) groups is 1. The number of benzene rings is 1. The molecule has 1 aromatic carbocycles. The van der Waals surface area contributed by atoms with Gasteiger partial charge in [0.05, 0.1) is 4.88 Å². The zero-order valence-corrected chi connectivity index (χ0v) is 13.6. The molecule has 8 heteroatoms. The van der Waals surface area contributed by atoms with E-state index in [1.807, 2.05) is 5.38 Å². The Labute approximate surface area is 141 Å². The molecule has 0 aliphatic heterocycles. The van der Waals surface area contributed by atoms with E-state index >= 15 is 0 Å². The Kier molecular flexibility index (Phi) is 6.19. The van der Waals surface area contributed by atoms with Crippen molar-refractivity contribution in [2.45, 2.75) is 12.8 Å². The van der Waals surface area contributed by atoms with Crippen molar-refractivity contribution in [3.8, 4) is 0 Å². The van der Waals surface area contributed by atoms with Crippen molar-refractivity contribution in [2.75, 3.05) is 5.32 Å². The molecule has 1 amide bonds. The van der Waals surface area contributed by atoms with Gasteiger partial charge in [-0.15, -0.1) is 11.3 Å². The molecule has 120 valence electrons. The molecule has 0 radical (unpaired) electrons. The van der Waals surface area contributed by atoms with Gasteiger partial charge in [-0.25, -0.2) is 4.39 Å². The number of carbonyl (C=O) groups is 2. The second kappa shape index (κ2) is 8.35. The lowest BCUT2D eigenvalue weighted by Gasteiger charge is -2.11. The molecule has 0 unspecified atom stereocenters. The highest BCUT2D eigenvalue weighted by Gasteiger charge is 2.10. The largest absolute Gasteiger partial charge is 0.331 e. The summed E-state index contributed by atoms with van der Waals surface area (Å²) in [6.45, 7) is 0. The van der Waals surface area contributed by atoms with Crippen molar-refractivity contribution >= 4 is 46.0 Å². The second-order valence-corrected chi connectivity index (χ2v) is 5.89. The first-order valence-corrected chi connectivity index (χ1v) is 8.01. The summed E-state index contributed by atoms with van der Waals surface area (Å²) in [5.41, 5.74) is 5.51. The van der Waals surface area contributed by atoms with E-state index in [2.05, 4.69) is 16.2 Å². The average Bonchev–Trinajstić information content (AvgIpc) is 3.07. The molecule has 2 aromatic rings. The number of anilines is 1. The van der Waals surface area contributed by atoms with Crippen molar-refractivity contribution in [1.82, 2.24) is 10.9 Å². The molecular formula is C15H14FN3O2S2. The number of hydrazine groups is 1. The Morgan fingerprint density at radius 3 is 2.48 bits per heavy atom. The zero-order chi connectivity index (χ0) is 16.7. The topological polar surface area (TPSA) is 70.2 Å². The first-order chi connectivity index (χ1) is 11.0. The van der Waals surface area contributed by atoms with Gasteiger partial charge in [-0.1, -0.05) is 6.07 Å². The lowest BCUT2D eigenvalue weighted by atomic mass is 10.2. The third-order valence-electron chi connectivity index (χ3n) is 2.79. The number of rotatable bonds is 5. The SMILES string of the molecule is O=C(CCC(=O)c1cccs1)NNC(=S)Nc1ccc(F)cc1. The zero-order valence-electron chi connectivity index (χ0n) is 12.0. The van der Waals surface area contributed by atoms with Crippen molar-refractivity contribution in [1.29, 1.82) is 0 Å². The molecule has 0 bridgehead atoms. The summed E-state index contributed by atoms with van der Waals surface area (Å²) in [4.78, 5) is 24.1. The van der Waals surface area contributed by atoms with Crippen LogP contribution in [0.3, 0.4) is 0 Å². The summed E-state index contributed by atoms with van der Waals surface area (Å²) in [6.07, 6.45) is 0.190. The fraction of sp³-hybridized carbons (Fsp3) is 0.133. The van der Waals surface area contributed by atoms with Crippen molar-refractivity contribution in [2.24, 2.45) is 0 Å². The van der Waals surface area contributed by atoms with Crippen LogP contribution in [0.4, 0.5) is 10.1 Å². The summed E-state index contributed by atoms with van der Waals surface area (Å²) in [5, 5.41) is 4.76. The van der Waals surface area contributed by atoms with E-state index in [4.69, 9.17) is 12.2 Å². The Morgan fingerprint density at radius 2 is 1.83 bits per heavy atom. The molecule has 5 nitrogen and oxygen atoms in total. The molecule has 0 atom stereocenters. The van der Waals surface area contributed by atoms with Crippen LogP contribution in [-0.4, -0.2) is 16.8 Å². The van der Waals surface area contributed by atoms with Crippen LogP contribution >= 0.6 is 23.6 Å². The van der Waals surface area contributed by atoms with Crippen LogP contribution in [0.5, 0.6) is 0 Å². The van der Waals surface area contributed by atoms with E-state index in [9.17, 15) is 14.0 Å². The minimum Gasteiger partial charge on any atom is -0.331 e. The van der Waals surface area contributed by atoms with E-state index in [1.54, 1.807) is 12.1 Å². The number of hydrogen-bond acceptors (Lipinski definition) is 4. The molecule has 0 saturated heterocycles. The first kappa shape index (κ1) is 17.0. The maximum Gasteiger partial charge on any atom is 0.238 e. The normalized spacial score (nSPS) is 9.96. The van der Waals surface area contributed by atoms with Crippen LogP contribution in [-0.2, 0) is 4.79 Å². The van der Waals surface area contributed by atoms with Crippen molar-refractivity contribution in [3.63, 3.8) is 0 Å². The molecule has 1 heterocycles. The van der Waals surface area contributed by atoms with Gasteiger partial charge in [-0.3, -0.25) is 20.4 Å². The maximum absolute atomic E-state index is 12.8. The molecule has 0 spiro atoms. The molecular weight excluding hydrogens is 337 g/mol. The van der Waals surface area contributed by atoms with Crippen LogP contribution in [0.2, 0.25) is 0 Å². The summed E-state index contributed by atoms with van der Waals surface area (Å²) in [5.74, 6) is -0.765. The van der Waals surface area contributed by atoms with Gasteiger partial charge in [-0.05, 0) is 47.9 Å². The Morgan fingerprint density at radius 1 is 1.09 bits per heavy atom. The van der Waals surface area contributed by atoms with E-state index in [0.29, 0.717) is 10.6 Å². The number of carbonyl (C=O) groups excluding carboxylic acids is 2. The summed E-state index contributed by atoms with van der Waals surface area (Å²) in [7, 11) is 0. The molecule has 0 fully saturated rings. The lowest BCUT2D eigenvalue weighted by molar-refractivity contribution is -0.121. The predicted octanol–water partition coefficient (Wildman–Crippen LogP) is 2.87. The molecule has 0 saturated carbocycles. The molecule has 2 rings (SSSR count). The van der Waals surface area contributed by atoms with Gasteiger partial charge in [0.15, 0.2) is 10.9 Å². The summed E-state index contributed by atoms with van der Waals surface area (Å²) < 4.78 is 12.8. The standard InChI is InChI=1S/C15H14FN3O2S2/c16-10-3-5-11(6-4-10)17-15(22)19-18-14(21)8-7-12(20)13-2-1-9-23-13/h1-6,9H,7-8H2,(H,18,21)(H2,17,19,22). The monoisotopic (exact) mass is 351 g/mol. The second-order valence-electron chi connectivity index (χ2n) is 4.53. The third-order valence-corrected chi connectivity index (χ3v) is 3.91. The number of thiophene rings is 1. The van der Waals surface area contributed by atoms with Crippen molar-refractivity contribution < 1.29 is 14.0 Å². The van der Waals surface area contributed by atoms with E-state index < -0.39 is 0 Å². The summed E-state index contributed by atoms with van der Waals surface area (Å²) in [6, 6.07) is 9.14. The molecule has 23 heavy (non-hydrogen) atoms. The van der Waals surface area contributed by atoms with Crippen LogP contribution in [0.25, 0.3) is 0 Å². The number of amides is 1. The fourth-order valence-corrected chi connectivity index (χ4v) is 2.54. The molecule has 3 N–H and O–H groups in total. The molecule has 1 aromatic heterocycles. The van der Waals surface area contributed by atoms with E-state index in [0.717, 1.165) is 0 Å². The highest BCUT2D eigenvalue weighted by Crippen LogP contribution is 2.12. The van der Waals surface area contributed by atoms with Gasteiger partial charge in [0, 0.05) is 18.5 Å². The number of ketones is 1.